The number of benzene rings is 2. The van der Waals surface area contributed by atoms with Gasteiger partial charge in [-0.3, -0.25) is 4.79 Å². The topological polar surface area (TPSA) is 124 Å². The maximum atomic E-state index is 13.2. The number of methoxy groups -OCH3 is 3. The molecular formula is C24H23N3O7S2. The van der Waals surface area contributed by atoms with Gasteiger partial charge in [0.15, 0.2) is 27.3 Å². The van der Waals surface area contributed by atoms with Crippen LogP contribution in [0.15, 0.2) is 28.6 Å². The Morgan fingerprint density at radius 1 is 0.972 bits per heavy atom. The molecule has 188 valence electrons. The number of thioether (sulfide) groups is 1. The molecule has 12 heteroatoms. The van der Waals surface area contributed by atoms with Crippen LogP contribution in [-0.4, -0.2) is 50.9 Å². The van der Waals surface area contributed by atoms with Crippen molar-refractivity contribution in [1.82, 2.24) is 10.2 Å². The second-order valence-corrected chi connectivity index (χ2v) is 10.9. The number of carbonyl (C=O) groups excluding carboxylic acids is 1. The smallest absolute Gasteiger partial charge is 0.310 e. The van der Waals surface area contributed by atoms with E-state index in [-0.39, 0.29) is 29.8 Å². The zero-order valence-electron chi connectivity index (χ0n) is 19.7. The van der Waals surface area contributed by atoms with Crippen LogP contribution in [-0.2, 0) is 9.53 Å². The van der Waals surface area contributed by atoms with Crippen molar-refractivity contribution in [2.75, 3.05) is 40.5 Å². The summed E-state index contributed by atoms with van der Waals surface area (Å²) in [4.78, 5) is 13.2. The summed E-state index contributed by atoms with van der Waals surface area (Å²) in [5.74, 6) is 1.68. The Labute approximate surface area is 215 Å². The second kappa shape index (κ2) is 8.93. The standard InChI is InChI=1S/C24H23N3O7S2/c1-29-16-4-10(5-17(30-2)20(16)31-3)18-11-6-14-15(34-9-33-14)7-12(11)21(13-8-32-22(28)19(13)18)35-24-27-26-23(25)36-24/h4-7,13,18-19,21H,8-9H2,1-3H3,(H2,25,26)/t13-,18+,19-,21+/m0/s1. The zero-order chi connectivity index (χ0) is 25.0. The van der Waals surface area contributed by atoms with Gasteiger partial charge in [0.1, 0.15) is 0 Å². The molecule has 1 aliphatic carbocycles. The van der Waals surface area contributed by atoms with Gasteiger partial charge in [-0.05, 0) is 41.0 Å². The summed E-state index contributed by atoms with van der Waals surface area (Å²) in [6.07, 6.45) is 0. The molecule has 2 aliphatic heterocycles. The Kier molecular flexibility index (Phi) is 5.72. The monoisotopic (exact) mass is 529 g/mol. The number of nitrogen functional groups attached to an aromatic ring is 1. The van der Waals surface area contributed by atoms with Crippen LogP contribution in [0.25, 0.3) is 0 Å². The predicted octanol–water partition coefficient (Wildman–Crippen LogP) is 3.64. The van der Waals surface area contributed by atoms with Crippen LogP contribution < -0.4 is 29.4 Å². The summed E-state index contributed by atoms with van der Waals surface area (Å²) in [5, 5.41) is 8.43. The Bertz CT molecular complexity index is 1320. The van der Waals surface area contributed by atoms with Crippen LogP contribution >= 0.6 is 23.1 Å². The summed E-state index contributed by atoms with van der Waals surface area (Å²) in [6.45, 7) is 0.441. The summed E-state index contributed by atoms with van der Waals surface area (Å²) < 4.78 is 34.6. The third-order valence-electron chi connectivity index (χ3n) is 6.82. The van der Waals surface area contributed by atoms with Crippen LogP contribution in [0.4, 0.5) is 5.13 Å². The number of esters is 1. The molecule has 2 aromatic carbocycles. The van der Waals surface area contributed by atoms with Crippen LogP contribution in [0.2, 0.25) is 0 Å². The van der Waals surface area contributed by atoms with Crippen molar-refractivity contribution in [3.63, 3.8) is 0 Å². The summed E-state index contributed by atoms with van der Waals surface area (Å²) in [6, 6.07) is 7.75. The van der Waals surface area contributed by atoms with Gasteiger partial charge in [-0.25, -0.2) is 0 Å². The van der Waals surface area contributed by atoms with Crippen molar-refractivity contribution < 1.29 is 33.2 Å². The number of ether oxygens (including phenoxy) is 6. The molecule has 3 aliphatic rings. The predicted molar refractivity (Wildman–Crippen MR) is 131 cm³/mol. The molecule has 10 nitrogen and oxygen atoms in total. The molecule has 3 aromatic rings. The lowest BCUT2D eigenvalue weighted by atomic mass is 9.67. The Morgan fingerprint density at radius 3 is 2.28 bits per heavy atom. The number of hydrogen-bond acceptors (Lipinski definition) is 12. The highest BCUT2D eigenvalue weighted by Gasteiger charge is 2.53. The van der Waals surface area contributed by atoms with Crippen molar-refractivity contribution >= 4 is 34.2 Å². The fourth-order valence-electron chi connectivity index (χ4n) is 5.32. The number of anilines is 1. The lowest BCUT2D eigenvalue weighted by Gasteiger charge is -2.38. The van der Waals surface area contributed by atoms with E-state index >= 15 is 0 Å². The lowest BCUT2D eigenvalue weighted by molar-refractivity contribution is -0.141. The van der Waals surface area contributed by atoms with Crippen LogP contribution in [0, 0.1) is 11.8 Å². The highest BCUT2D eigenvalue weighted by atomic mass is 32.2. The molecule has 4 atom stereocenters. The molecule has 0 bridgehead atoms. The first-order valence-electron chi connectivity index (χ1n) is 11.2. The molecule has 0 unspecified atom stereocenters. The molecule has 1 aromatic heterocycles. The third kappa shape index (κ3) is 3.58. The van der Waals surface area contributed by atoms with Crippen molar-refractivity contribution in [2.24, 2.45) is 11.8 Å². The van der Waals surface area contributed by atoms with Crippen LogP contribution in [0.5, 0.6) is 28.7 Å². The van der Waals surface area contributed by atoms with Gasteiger partial charge in [0.25, 0.3) is 0 Å². The van der Waals surface area contributed by atoms with Crippen molar-refractivity contribution in [1.29, 1.82) is 0 Å². The Morgan fingerprint density at radius 2 is 1.67 bits per heavy atom. The normalized spacial score (nSPS) is 23.6. The van der Waals surface area contributed by atoms with E-state index in [0.29, 0.717) is 40.5 Å². The fraction of sp³-hybridized carbons (Fsp3) is 0.375. The fourth-order valence-corrected chi connectivity index (χ4v) is 7.48. The maximum absolute atomic E-state index is 13.2. The number of fused-ring (bicyclic) bond motifs is 3. The first-order valence-corrected chi connectivity index (χ1v) is 12.9. The Hall–Kier alpha value is -3.38. The number of cyclic esters (lactones) is 1. The average Bonchev–Trinajstić information content (AvgIpc) is 3.62. The van der Waals surface area contributed by atoms with E-state index in [1.807, 2.05) is 24.3 Å². The molecule has 0 radical (unpaired) electrons. The van der Waals surface area contributed by atoms with Crippen LogP contribution in [0.1, 0.15) is 27.9 Å². The lowest BCUT2D eigenvalue weighted by Crippen LogP contribution is -2.33. The summed E-state index contributed by atoms with van der Waals surface area (Å²) >= 11 is 2.86. The molecule has 36 heavy (non-hydrogen) atoms. The van der Waals surface area contributed by atoms with E-state index in [1.165, 1.54) is 23.1 Å². The van der Waals surface area contributed by atoms with Gasteiger partial charge in [-0.15, -0.1) is 10.2 Å². The van der Waals surface area contributed by atoms with E-state index in [4.69, 9.17) is 34.2 Å². The quantitative estimate of drug-likeness (QED) is 0.471. The summed E-state index contributed by atoms with van der Waals surface area (Å²) in [7, 11) is 4.70. The first-order chi connectivity index (χ1) is 17.5. The molecule has 0 amide bonds. The molecular weight excluding hydrogens is 506 g/mol. The largest absolute Gasteiger partial charge is 0.493 e. The minimum Gasteiger partial charge on any atom is -0.493 e. The van der Waals surface area contributed by atoms with E-state index in [0.717, 1.165) is 21.0 Å². The number of rotatable bonds is 6. The summed E-state index contributed by atoms with van der Waals surface area (Å²) in [5.41, 5.74) is 8.66. The van der Waals surface area contributed by atoms with E-state index in [9.17, 15) is 4.79 Å². The highest BCUT2D eigenvalue weighted by molar-refractivity contribution is 8.01. The van der Waals surface area contributed by atoms with Gasteiger partial charge in [0.2, 0.25) is 17.7 Å². The molecule has 0 saturated carbocycles. The van der Waals surface area contributed by atoms with Crippen molar-refractivity contribution in [3.05, 3.63) is 41.0 Å². The number of carbonyl (C=O) groups is 1. The molecule has 0 spiro atoms. The number of nitrogens with two attached hydrogens (primary N) is 1. The zero-order valence-corrected chi connectivity index (χ0v) is 21.3. The van der Waals surface area contributed by atoms with Gasteiger partial charge < -0.3 is 34.2 Å². The SMILES string of the molecule is COc1cc([C@@H]2c3cc4c(cc3[C@@H](Sc3nnc(N)s3)[C@H]3COC(=O)[C@H]23)OCO4)cc(OC)c1OC. The molecule has 6 rings (SSSR count). The van der Waals surface area contributed by atoms with Gasteiger partial charge in [0.05, 0.1) is 33.9 Å². The molecule has 1 fully saturated rings. The van der Waals surface area contributed by atoms with E-state index in [1.54, 1.807) is 21.3 Å². The molecule has 3 heterocycles. The molecule has 2 N–H and O–H groups in total. The van der Waals surface area contributed by atoms with E-state index in [2.05, 4.69) is 10.2 Å². The number of hydrogen-bond donors (Lipinski definition) is 1. The van der Waals surface area contributed by atoms with E-state index < -0.39 is 5.92 Å². The maximum Gasteiger partial charge on any atom is 0.310 e. The Balaban J connectivity index is 1.56. The second-order valence-electron chi connectivity index (χ2n) is 8.54. The third-order valence-corrected chi connectivity index (χ3v) is 9.04. The van der Waals surface area contributed by atoms with Gasteiger partial charge in [0, 0.05) is 17.1 Å². The van der Waals surface area contributed by atoms with Crippen molar-refractivity contribution in [2.45, 2.75) is 15.5 Å². The highest BCUT2D eigenvalue weighted by Crippen LogP contribution is 2.60. The van der Waals surface area contributed by atoms with Gasteiger partial charge in [-0.2, -0.15) is 0 Å². The van der Waals surface area contributed by atoms with Crippen molar-refractivity contribution in [3.8, 4) is 28.7 Å². The average molecular weight is 530 g/mol. The number of aromatic nitrogens is 2. The van der Waals surface area contributed by atoms with Gasteiger partial charge in [-0.1, -0.05) is 23.1 Å². The minimum atomic E-state index is -0.441. The van der Waals surface area contributed by atoms with Gasteiger partial charge >= 0.3 is 5.97 Å². The first kappa shape index (κ1) is 23.0. The molecule has 1 saturated heterocycles. The van der Waals surface area contributed by atoms with Crippen LogP contribution in [0.3, 0.4) is 0 Å². The number of nitrogens with zero attached hydrogens (tertiary/aromatic N) is 2. The minimum absolute atomic E-state index is 0.121.